The lowest BCUT2D eigenvalue weighted by Gasteiger charge is -2.29. The molecule has 0 unspecified atom stereocenters. The summed E-state index contributed by atoms with van der Waals surface area (Å²) < 4.78 is 7.91. The molecular formula is C26H27N5O2. The Morgan fingerprint density at radius 3 is 2.70 bits per heavy atom. The summed E-state index contributed by atoms with van der Waals surface area (Å²) in [6.07, 6.45) is 7.91. The van der Waals surface area contributed by atoms with E-state index in [9.17, 15) is 4.79 Å². The third-order valence-corrected chi connectivity index (χ3v) is 6.11. The van der Waals surface area contributed by atoms with Crippen molar-refractivity contribution >= 4 is 16.7 Å². The maximum absolute atomic E-state index is 13.0. The van der Waals surface area contributed by atoms with Gasteiger partial charge in [-0.05, 0) is 43.7 Å². The lowest BCUT2D eigenvalue weighted by atomic mass is 10.1. The minimum Gasteiger partial charge on any atom is -0.490 e. The zero-order valence-electron chi connectivity index (χ0n) is 18.9. The van der Waals surface area contributed by atoms with Crippen molar-refractivity contribution in [3.8, 4) is 16.9 Å². The van der Waals surface area contributed by atoms with Gasteiger partial charge in [0, 0.05) is 49.0 Å². The van der Waals surface area contributed by atoms with Gasteiger partial charge in [0.1, 0.15) is 17.7 Å². The van der Waals surface area contributed by atoms with E-state index in [4.69, 9.17) is 4.74 Å². The summed E-state index contributed by atoms with van der Waals surface area (Å²) in [4.78, 5) is 24.4. The van der Waals surface area contributed by atoms with Gasteiger partial charge in [0.15, 0.2) is 5.78 Å². The lowest BCUT2D eigenvalue weighted by molar-refractivity contribution is 0.0987. The second-order valence-electron chi connectivity index (χ2n) is 8.71. The van der Waals surface area contributed by atoms with Crippen molar-refractivity contribution in [2.45, 2.75) is 25.4 Å². The Morgan fingerprint density at radius 1 is 1.06 bits per heavy atom. The van der Waals surface area contributed by atoms with Crippen molar-refractivity contribution in [3.05, 3.63) is 72.4 Å². The van der Waals surface area contributed by atoms with Crippen LogP contribution in [0.2, 0.25) is 0 Å². The lowest BCUT2D eigenvalue weighted by Crippen LogP contribution is -2.35. The van der Waals surface area contributed by atoms with Gasteiger partial charge in [0.05, 0.1) is 18.1 Å². The number of rotatable bonds is 6. The number of carbonyl (C=O) groups is 1. The third-order valence-electron chi connectivity index (χ3n) is 6.11. The van der Waals surface area contributed by atoms with Gasteiger partial charge in [-0.15, -0.1) is 0 Å². The molecule has 4 aromatic rings. The molecule has 0 amide bonds. The molecule has 7 nitrogen and oxygen atoms in total. The number of likely N-dealkylation sites (tertiary alicyclic amines) is 1. The molecule has 1 aliphatic heterocycles. The van der Waals surface area contributed by atoms with Gasteiger partial charge in [-0.2, -0.15) is 5.10 Å². The van der Waals surface area contributed by atoms with Gasteiger partial charge < -0.3 is 9.64 Å². The van der Waals surface area contributed by atoms with Crippen molar-refractivity contribution in [2.75, 3.05) is 20.1 Å². The molecule has 1 aliphatic rings. The van der Waals surface area contributed by atoms with E-state index < -0.39 is 0 Å². The molecule has 3 heterocycles. The summed E-state index contributed by atoms with van der Waals surface area (Å²) in [5.41, 5.74) is 3.49. The van der Waals surface area contributed by atoms with Crippen molar-refractivity contribution in [1.29, 1.82) is 0 Å². The smallest absolute Gasteiger partial charge is 0.170 e. The van der Waals surface area contributed by atoms with Gasteiger partial charge in [-0.3, -0.25) is 9.48 Å². The number of piperidine rings is 1. The highest BCUT2D eigenvalue weighted by atomic mass is 16.5. The maximum atomic E-state index is 13.0. The molecule has 2 aromatic carbocycles. The summed E-state index contributed by atoms with van der Waals surface area (Å²) in [6.45, 7) is 2.07. The Bertz CT molecular complexity index is 1290. The number of hydrogen-bond donors (Lipinski definition) is 0. The molecule has 0 radical (unpaired) electrons. The number of nitrogens with zero attached hydrogens (tertiary/aromatic N) is 5. The second-order valence-corrected chi connectivity index (χ2v) is 8.71. The average Bonchev–Trinajstić information content (AvgIpc) is 3.26. The first-order valence-corrected chi connectivity index (χ1v) is 11.3. The number of hydrogen-bond acceptors (Lipinski definition) is 6. The number of ether oxygens (including phenoxy) is 1. The first-order chi connectivity index (χ1) is 16.0. The third kappa shape index (κ3) is 4.93. The van der Waals surface area contributed by atoms with Crippen molar-refractivity contribution < 1.29 is 9.53 Å². The standard InChI is InChI=1S/C26H27N5O2/c1-30-10-8-22(9-11-30)33-23-5-3-4-19(12-23)25(32)14-26-27-15-20-7-6-18(13-24(20)29-26)21-16-28-31(2)17-21/h3-7,12-13,15-17,22H,8-11,14H2,1-2H3. The van der Waals surface area contributed by atoms with E-state index in [-0.39, 0.29) is 18.3 Å². The fourth-order valence-electron chi connectivity index (χ4n) is 4.18. The number of benzene rings is 2. The molecule has 0 atom stereocenters. The number of aromatic nitrogens is 4. The van der Waals surface area contributed by atoms with Crippen molar-refractivity contribution in [1.82, 2.24) is 24.6 Å². The van der Waals surface area contributed by atoms with Gasteiger partial charge in [-0.25, -0.2) is 9.97 Å². The molecule has 5 rings (SSSR count). The molecule has 0 aliphatic carbocycles. The van der Waals surface area contributed by atoms with Gasteiger partial charge in [0.25, 0.3) is 0 Å². The Hall–Kier alpha value is -3.58. The van der Waals surface area contributed by atoms with Crippen LogP contribution in [0.15, 0.2) is 61.1 Å². The molecule has 0 N–H and O–H groups in total. The topological polar surface area (TPSA) is 73.1 Å². The minimum absolute atomic E-state index is 0.0217. The van der Waals surface area contributed by atoms with Crippen LogP contribution in [-0.2, 0) is 13.5 Å². The molecule has 168 valence electrons. The monoisotopic (exact) mass is 441 g/mol. The summed E-state index contributed by atoms with van der Waals surface area (Å²) in [7, 11) is 4.02. The first kappa shape index (κ1) is 21.3. The number of aryl methyl sites for hydroxylation is 1. The molecular weight excluding hydrogens is 414 g/mol. The van der Waals surface area contributed by atoms with Crippen molar-refractivity contribution in [3.63, 3.8) is 0 Å². The van der Waals surface area contributed by atoms with E-state index in [1.807, 2.05) is 61.9 Å². The molecule has 1 saturated heterocycles. The zero-order chi connectivity index (χ0) is 22.8. The number of Topliss-reactive ketones (excluding diaryl/α,β-unsaturated/α-hetero) is 1. The van der Waals surface area contributed by atoms with Crippen LogP contribution in [0.25, 0.3) is 22.0 Å². The Balaban J connectivity index is 1.31. The Labute approximate surface area is 193 Å². The predicted molar refractivity (Wildman–Crippen MR) is 127 cm³/mol. The normalized spacial score (nSPS) is 15.1. The number of fused-ring (bicyclic) bond motifs is 1. The summed E-state index contributed by atoms with van der Waals surface area (Å²) >= 11 is 0. The van der Waals surface area contributed by atoms with Crippen LogP contribution < -0.4 is 4.74 Å². The summed E-state index contributed by atoms with van der Waals surface area (Å²) in [5.74, 6) is 1.24. The molecule has 2 aromatic heterocycles. The van der Waals surface area contributed by atoms with Crippen LogP contribution in [-0.4, -0.2) is 56.7 Å². The fourth-order valence-corrected chi connectivity index (χ4v) is 4.18. The molecule has 7 heteroatoms. The van der Waals surface area contributed by atoms with Crippen LogP contribution in [0.1, 0.15) is 29.0 Å². The summed E-state index contributed by atoms with van der Waals surface area (Å²) in [5, 5.41) is 5.17. The Morgan fingerprint density at radius 2 is 1.91 bits per heavy atom. The fraction of sp³-hybridized carbons (Fsp3) is 0.308. The van der Waals surface area contributed by atoms with Gasteiger partial charge in [0.2, 0.25) is 0 Å². The molecule has 0 saturated carbocycles. The van der Waals surface area contributed by atoms with E-state index >= 15 is 0 Å². The maximum Gasteiger partial charge on any atom is 0.170 e. The van der Waals surface area contributed by atoms with Crippen LogP contribution in [0.4, 0.5) is 0 Å². The average molecular weight is 442 g/mol. The van der Waals surface area contributed by atoms with Crippen LogP contribution in [0, 0.1) is 0 Å². The quantitative estimate of drug-likeness (QED) is 0.422. The van der Waals surface area contributed by atoms with E-state index in [2.05, 4.69) is 27.0 Å². The Kier molecular flexibility index (Phi) is 5.88. The van der Waals surface area contributed by atoms with Gasteiger partial charge >= 0.3 is 0 Å². The van der Waals surface area contributed by atoms with E-state index in [0.717, 1.165) is 53.7 Å². The molecule has 33 heavy (non-hydrogen) atoms. The van der Waals surface area contributed by atoms with Crippen LogP contribution in [0.3, 0.4) is 0 Å². The van der Waals surface area contributed by atoms with Gasteiger partial charge in [-0.1, -0.05) is 24.3 Å². The van der Waals surface area contributed by atoms with Crippen LogP contribution in [0.5, 0.6) is 5.75 Å². The predicted octanol–water partition coefficient (Wildman–Crippen LogP) is 3.93. The minimum atomic E-state index is -0.0217. The number of carbonyl (C=O) groups excluding carboxylic acids is 1. The first-order valence-electron chi connectivity index (χ1n) is 11.3. The summed E-state index contributed by atoms with van der Waals surface area (Å²) in [6, 6.07) is 13.5. The zero-order valence-corrected chi connectivity index (χ0v) is 18.9. The molecule has 0 bridgehead atoms. The highest BCUT2D eigenvalue weighted by Crippen LogP contribution is 2.24. The van der Waals surface area contributed by atoms with E-state index in [1.165, 1.54) is 0 Å². The SMILES string of the molecule is CN1CCC(Oc2cccc(C(=O)Cc3ncc4ccc(-c5cnn(C)c5)cc4n3)c2)CC1. The van der Waals surface area contributed by atoms with E-state index in [0.29, 0.717) is 11.4 Å². The second kappa shape index (κ2) is 9.11. The van der Waals surface area contributed by atoms with Crippen molar-refractivity contribution in [2.24, 2.45) is 7.05 Å². The highest BCUT2D eigenvalue weighted by molar-refractivity contribution is 5.97. The van der Waals surface area contributed by atoms with Crippen LogP contribution >= 0.6 is 0 Å². The largest absolute Gasteiger partial charge is 0.490 e. The molecule has 1 fully saturated rings. The van der Waals surface area contributed by atoms with E-state index in [1.54, 1.807) is 10.9 Å². The molecule has 0 spiro atoms. The highest BCUT2D eigenvalue weighted by Gasteiger charge is 2.19. The number of ketones is 1.